The third-order valence-electron chi connectivity index (χ3n) is 3.92. The van der Waals surface area contributed by atoms with Crippen molar-refractivity contribution in [3.63, 3.8) is 0 Å². The number of rotatable bonds is 4. The molecule has 1 heterocycles. The Morgan fingerprint density at radius 2 is 1.88 bits per heavy atom. The van der Waals surface area contributed by atoms with Crippen molar-refractivity contribution in [1.29, 1.82) is 5.26 Å². The van der Waals surface area contributed by atoms with Crippen LogP contribution in [0.2, 0.25) is 5.02 Å². The Kier molecular flexibility index (Phi) is 4.92. The Morgan fingerprint density at radius 3 is 2.58 bits per heavy atom. The highest BCUT2D eigenvalue weighted by atomic mass is 35.5. The highest BCUT2D eigenvalue weighted by Gasteiger charge is 2.22. The van der Waals surface area contributed by atoms with Crippen LogP contribution in [-0.2, 0) is 6.54 Å². The van der Waals surface area contributed by atoms with Crippen molar-refractivity contribution in [2.45, 2.75) is 13.0 Å². The number of aromatic nitrogens is 1. The number of amides is 1. The molecule has 2 N–H and O–H groups in total. The number of halogens is 1. The summed E-state index contributed by atoms with van der Waals surface area (Å²) in [5.41, 5.74) is -0.109. The molecule has 0 unspecified atom stereocenters. The summed E-state index contributed by atoms with van der Waals surface area (Å²) < 4.78 is 1.33. The molecule has 0 saturated carbocycles. The number of carbonyl (C=O) groups is 1. The molecule has 2 aromatic carbocycles. The van der Waals surface area contributed by atoms with Crippen LogP contribution in [0.25, 0.3) is 10.9 Å². The van der Waals surface area contributed by atoms with Crippen molar-refractivity contribution < 1.29 is 9.90 Å². The molecule has 6 nitrogen and oxygen atoms in total. The van der Waals surface area contributed by atoms with Gasteiger partial charge in [0.05, 0.1) is 18.0 Å². The number of benzene rings is 2. The molecule has 0 spiro atoms. The average Bonchev–Trinajstić information content (AvgIpc) is 2.64. The molecule has 3 rings (SSSR count). The highest BCUT2D eigenvalue weighted by Crippen LogP contribution is 2.27. The topological polar surface area (TPSA) is 95.1 Å². The molecule has 0 aliphatic heterocycles. The summed E-state index contributed by atoms with van der Waals surface area (Å²) in [7, 11) is 0. The van der Waals surface area contributed by atoms with E-state index in [4.69, 9.17) is 16.9 Å². The minimum atomic E-state index is -0.730. The van der Waals surface area contributed by atoms with Crippen LogP contribution in [0.1, 0.15) is 16.8 Å². The fourth-order valence-corrected chi connectivity index (χ4v) is 2.83. The van der Waals surface area contributed by atoms with E-state index in [0.29, 0.717) is 21.6 Å². The smallest absolute Gasteiger partial charge is 0.267 e. The van der Waals surface area contributed by atoms with Crippen LogP contribution in [0.15, 0.2) is 53.3 Å². The van der Waals surface area contributed by atoms with E-state index in [2.05, 4.69) is 5.32 Å². The molecule has 0 saturated heterocycles. The third kappa shape index (κ3) is 3.25. The van der Waals surface area contributed by atoms with Crippen LogP contribution >= 0.6 is 11.6 Å². The van der Waals surface area contributed by atoms with Crippen LogP contribution in [0.4, 0.5) is 5.69 Å². The number of carbonyl (C=O) groups excluding carboxylic acids is 1. The lowest BCUT2D eigenvalue weighted by Crippen LogP contribution is -2.29. The molecule has 130 valence electrons. The van der Waals surface area contributed by atoms with E-state index in [0.717, 1.165) is 0 Å². The Hall–Kier alpha value is -3.30. The maximum absolute atomic E-state index is 12.8. The van der Waals surface area contributed by atoms with Crippen molar-refractivity contribution >= 4 is 34.1 Å². The van der Waals surface area contributed by atoms with Gasteiger partial charge < -0.3 is 15.0 Å². The number of hydrogen-bond donors (Lipinski definition) is 2. The van der Waals surface area contributed by atoms with Gasteiger partial charge in [-0.2, -0.15) is 5.26 Å². The second-order valence-corrected chi connectivity index (χ2v) is 6.00. The van der Waals surface area contributed by atoms with Crippen molar-refractivity contribution in [3.05, 3.63) is 69.5 Å². The lowest BCUT2D eigenvalue weighted by Gasteiger charge is -2.14. The molecule has 0 atom stereocenters. The Bertz CT molecular complexity index is 1080. The van der Waals surface area contributed by atoms with Crippen molar-refractivity contribution in [2.75, 3.05) is 5.32 Å². The fourth-order valence-electron chi connectivity index (χ4n) is 2.70. The Morgan fingerprint density at radius 1 is 1.19 bits per heavy atom. The first-order valence-electron chi connectivity index (χ1n) is 7.81. The van der Waals surface area contributed by atoms with Gasteiger partial charge >= 0.3 is 0 Å². The van der Waals surface area contributed by atoms with Gasteiger partial charge in [0.2, 0.25) is 0 Å². The van der Waals surface area contributed by atoms with E-state index in [9.17, 15) is 14.7 Å². The molecule has 1 aromatic heterocycles. The number of nitrogens with one attached hydrogen (secondary N) is 1. The zero-order valence-electron chi connectivity index (χ0n) is 13.6. The number of pyridine rings is 1. The summed E-state index contributed by atoms with van der Waals surface area (Å²) in [5, 5.41) is 22.8. The first-order chi connectivity index (χ1) is 12.5. The summed E-state index contributed by atoms with van der Waals surface area (Å²) in [6.45, 7) is 0.122. The molecule has 0 fully saturated rings. The largest absolute Gasteiger partial charge is 0.506 e. The van der Waals surface area contributed by atoms with Crippen molar-refractivity contribution in [3.8, 4) is 11.8 Å². The van der Waals surface area contributed by atoms with Gasteiger partial charge in [0.15, 0.2) is 0 Å². The Labute approximate surface area is 153 Å². The molecule has 1 amide bonds. The first kappa shape index (κ1) is 17.5. The van der Waals surface area contributed by atoms with Crippen molar-refractivity contribution in [1.82, 2.24) is 4.57 Å². The van der Waals surface area contributed by atoms with E-state index in [1.54, 1.807) is 48.5 Å². The van der Waals surface area contributed by atoms with Crippen LogP contribution in [0.5, 0.6) is 5.75 Å². The molecule has 0 aliphatic rings. The standard InChI is InChI=1S/C19H14ClN3O3/c20-12-6-8-13(9-7-12)22-18(25)16-17(24)14-4-1-2-5-15(14)23(19(16)26)11-3-10-21/h1-2,4-9,24H,3,11H2,(H,22,25). The zero-order valence-corrected chi connectivity index (χ0v) is 14.3. The number of aromatic hydroxyl groups is 1. The second kappa shape index (κ2) is 7.30. The summed E-state index contributed by atoms with van der Waals surface area (Å²) in [6.07, 6.45) is 0.104. The summed E-state index contributed by atoms with van der Waals surface area (Å²) >= 11 is 5.82. The maximum atomic E-state index is 12.8. The molecule has 26 heavy (non-hydrogen) atoms. The molecular formula is C19H14ClN3O3. The van der Waals surface area contributed by atoms with Gasteiger partial charge in [0, 0.05) is 22.6 Å². The van der Waals surface area contributed by atoms with Gasteiger partial charge in [0.25, 0.3) is 11.5 Å². The summed E-state index contributed by atoms with van der Waals surface area (Å²) in [6, 6.07) is 15.1. The molecule has 0 bridgehead atoms. The lowest BCUT2D eigenvalue weighted by molar-refractivity contribution is 0.102. The zero-order chi connectivity index (χ0) is 18.7. The van der Waals surface area contributed by atoms with Crippen LogP contribution in [0, 0.1) is 11.3 Å². The third-order valence-corrected chi connectivity index (χ3v) is 4.17. The number of fused-ring (bicyclic) bond motifs is 1. The molecule has 0 radical (unpaired) electrons. The van der Waals surface area contributed by atoms with Crippen LogP contribution in [-0.4, -0.2) is 15.6 Å². The van der Waals surface area contributed by atoms with Crippen molar-refractivity contribution in [2.24, 2.45) is 0 Å². The second-order valence-electron chi connectivity index (χ2n) is 5.57. The predicted octanol–water partition coefficient (Wildman–Crippen LogP) is 3.53. The van der Waals surface area contributed by atoms with Gasteiger partial charge in [-0.3, -0.25) is 9.59 Å². The molecular weight excluding hydrogens is 354 g/mol. The van der Waals surface area contributed by atoms with E-state index in [1.165, 1.54) is 4.57 Å². The number of para-hydroxylation sites is 1. The average molecular weight is 368 g/mol. The summed E-state index contributed by atoms with van der Waals surface area (Å²) in [4.78, 5) is 25.4. The van der Waals surface area contributed by atoms with Crippen LogP contribution in [0.3, 0.4) is 0 Å². The van der Waals surface area contributed by atoms with Gasteiger partial charge in [0.1, 0.15) is 11.3 Å². The van der Waals surface area contributed by atoms with Gasteiger partial charge in [-0.25, -0.2) is 0 Å². The molecule has 0 aliphatic carbocycles. The quantitative estimate of drug-likeness (QED) is 0.737. The monoisotopic (exact) mass is 367 g/mol. The number of nitrogens with zero attached hydrogens (tertiary/aromatic N) is 2. The minimum absolute atomic E-state index is 0.104. The first-order valence-corrected chi connectivity index (χ1v) is 8.19. The Balaban J connectivity index is 2.12. The van der Waals surface area contributed by atoms with Gasteiger partial charge in [-0.15, -0.1) is 0 Å². The number of hydrogen-bond acceptors (Lipinski definition) is 4. The minimum Gasteiger partial charge on any atom is -0.506 e. The fraction of sp³-hybridized carbons (Fsp3) is 0.105. The van der Waals surface area contributed by atoms with E-state index >= 15 is 0 Å². The number of aryl methyl sites for hydroxylation is 1. The molecule has 7 heteroatoms. The van der Waals surface area contributed by atoms with E-state index < -0.39 is 11.5 Å². The summed E-state index contributed by atoms with van der Waals surface area (Å²) in [5.74, 6) is -1.11. The SMILES string of the molecule is N#CCCn1c(=O)c(C(=O)Nc2ccc(Cl)cc2)c(O)c2ccccc21. The number of nitriles is 1. The highest BCUT2D eigenvalue weighted by molar-refractivity contribution is 6.30. The maximum Gasteiger partial charge on any atom is 0.267 e. The molecule has 3 aromatic rings. The van der Waals surface area contributed by atoms with Gasteiger partial charge in [-0.05, 0) is 36.4 Å². The van der Waals surface area contributed by atoms with E-state index in [1.807, 2.05) is 6.07 Å². The van der Waals surface area contributed by atoms with Crippen LogP contribution < -0.4 is 10.9 Å². The normalized spacial score (nSPS) is 10.5. The lowest BCUT2D eigenvalue weighted by atomic mass is 10.1. The predicted molar refractivity (Wildman–Crippen MR) is 99.5 cm³/mol. The number of anilines is 1. The van der Waals surface area contributed by atoms with Gasteiger partial charge in [-0.1, -0.05) is 23.7 Å². The van der Waals surface area contributed by atoms with E-state index in [-0.39, 0.29) is 24.3 Å².